The van der Waals surface area contributed by atoms with Crippen LogP contribution in [0.1, 0.15) is 12.0 Å². The van der Waals surface area contributed by atoms with Crippen molar-refractivity contribution in [1.29, 1.82) is 0 Å². The van der Waals surface area contributed by atoms with Crippen LogP contribution in [0.3, 0.4) is 0 Å². The number of hydrogen-bond donors (Lipinski definition) is 1. The van der Waals surface area contributed by atoms with Gasteiger partial charge in [-0.2, -0.15) is 0 Å². The van der Waals surface area contributed by atoms with Crippen molar-refractivity contribution in [3.63, 3.8) is 0 Å². The number of hydrogen-bond acceptors (Lipinski definition) is 5. The molecule has 5 nitrogen and oxygen atoms in total. The molecule has 0 saturated carbocycles. The van der Waals surface area contributed by atoms with Crippen molar-refractivity contribution < 1.29 is 14.0 Å². The van der Waals surface area contributed by atoms with Crippen molar-refractivity contribution >= 4 is 21.7 Å². The summed E-state index contributed by atoms with van der Waals surface area (Å²) in [5.41, 5.74) is 7.43. The monoisotopic (exact) mass is 324 g/mol. The Morgan fingerprint density at radius 3 is 2.79 bits per heavy atom. The number of halogens is 1. The van der Waals surface area contributed by atoms with Crippen LogP contribution in [0.25, 0.3) is 11.3 Å². The topological polar surface area (TPSA) is 70.5 Å². The molecule has 0 unspecified atom stereocenters. The van der Waals surface area contributed by atoms with Gasteiger partial charge in [0.1, 0.15) is 0 Å². The van der Waals surface area contributed by atoms with Gasteiger partial charge in [0.05, 0.1) is 13.2 Å². The summed E-state index contributed by atoms with van der Waals surface area (Å²) in [4.78, 5) is 0. The first kappa shape index (κ1) is 12.3. The summed E-state index contributed by atoms with van der Waals surface area (Å²) >= 11 is 3.53. The SMILES string of the molecule is Cc1c2c(cc(Br)c1-c1cc(N)no1)OCCCO2. The fourth-order valence-corrected chi connectivity index (χ4v) is 2.84. The maximum absolute atomic E-state index is 5.76. The van der Waals surface area contributed by atoms with Crippen LogP contribution in [0.5, 0.6) is 11.5 Å². The number of aromatic nitrogens is 1. The second-order valence-corrected chi connectivity index (χ2v) is 5.21. The van der Waals surface area contributed by atoms with Gasteiger partial charge in [0.2, 0.25) is 0 Å². The fraction of sp³-hybridized carbons (Fsp3) is 0.308. The molecule has 1 aromatic heterocycles. The number of nitrogen functional groups attached to an aromatic ring is 1. The number of anilines is 1. The number of rotatable bonds is 1. The molecule has 2 aromatic rings. The average Bonchev–Trinajstić information content (AvgIpc) is 2.64. The van der Waals surface area contributed by atoms with Gasteiger partial charge in [-0.25, -0.2) is 0 Å². The predicted octanol–water partition coefficient (Wildman–Crippen LogP) is 3.16. The van der Waals surface area contributed by atoms with Crippen molar-refractivity contribution in [3.05, 3.63) is 22.2 Å². The zero-order valence-corrected chi connectivity index (χ0v) is 12.0. The molecule has 1 aliphatic rings. The van der Waals surface area contributed by atoms with E-state index in [0.29, 0.717) is 24.8 Å². The van der Waals surface area contributed by atoms with E-state index in [9.17, 15) is 0 Å². The van der Waals surface area contributed by atoms with Gasteiger partial charge >= 0.3 is 0 Å². The first-order valence-electron chi connectivity index (χ1n) is 5.98. The largest absolute Gasteiger partial charge is 0.490 e. The normalized spacial score (nSPS) is 14.2. The Morgan fingerprint density at radius 1 is 1.26 bits per heavy atom. The van der Waals surface area contributed by atoms with Crippen LogP contribution in [0.2, 0.25) is 0 Å². The third kappa shape index (κ3) is 2.16. The van der Waals surface area contributed by atoms with Crippen LogP contribution < -0.4 is 15.2 Å². The molecule has 100 valence electrons. The lowest BCUT2D eigenvalue weighted by atomic mass is 10.0. The van der Waals surface area contributed by atoms with Crippen LogP contribution >= 0.6 is 15.9 Å². The van der Waals surface area contributed by atoms with Gasteiger partial charge < -0.3 is 19.7 Å². The molecule has 0 aliphatic carbocycles. The lowest BCUT2D eigenvalue weighted by Crippen LogP contribution is -1.98. The van der Waals surface area contributed by atoms with Crippen molar-refractivity contribution in [2.24, 2.45) is 0 Å². The number of fused-ring (bicyclic) bond motifs is 1. The Kier molecular flexibility index (Phi) is 3.10. The zero-order chi connectivity index (χ0) is 13.4. The molecule has 0 radical (unpaired) electrons. The number of benzene rings is 1. The van der Waals surface area contributed by atoms with Gasteiger partial charge in [-0.3, -0.25) is 0 Å². The highest BCUT2D eigenvalue weighted by molar-refractivity contribution is 9.10. The third-order valence-corrected chi connectivity index (χ3v) is 3.63. The second kappa shape index (κ2) is 4.77. The molecular formula is C13H13BrN2O3. The molecule has 0 saturated heterocycles. The lowest BCUT2D eigenvalue weighted by molar-refractivity contribution is 0.296. The maximum Gasteiger partial charge on any atom is 0.170 e. The minimum Gasteiger partial charge on any atom is -0.490 e. The third-order valence-electron chi connectivity index (χ3n) is 3.00. The van der Waals surface area contributed by atoms with Crippen molar-refractivity contribution in [3.8, 4) is 22.8 Å². The zero-order valence-electron chi connectivity index (χ0n) is 10.4. The smallest absolute Gasteiger partial charge is 0.170 e. The van der Waals surface area contributed by atoms with Gasteiger partial charge in [-0.15, -0.1) is 0 Å². The Balaban J connectivity index is 2.18. The van der Waals surface area contributed by atoms with Crippen molar-refractivity contribution in [2.45, 2.75) is 13.3 Å². The standard InChI is InChI=1S/C13H13BrN2O3/c1-7-12(9-6-11(15)16-19-9)8(14)5-10-13(7)18-4-2-3-17-10/h5-6H,2-4H2,1H3,(H2,15,16). The van der Waals surface area contributed by atoms with E-state index < -0.39 is 0 Å². The summed E-state index contributed by atoms with van der Waals surface area (Å²) in [5, 5.41) is 3.72. The van der Waals surface area contributed by atoms with Crippen LogP contribution in [0.4, 0.5) is 5.82 Å². The summed E-state index contributed by atoms with van der Waals surface area (Å²) in [7, 11) is 0. The van der Waals surface area contributed by atoms with Crippen molar-refractivity contribution in [2.75, 3.05) is 18.9 Å². The fourth-order valence-electron chi connectivity index (χ4n) is 2.14. The van der Waals surface area contributed by atoms with Gasteiger partial charge in [0, 0.05) is 28.1 Å². The van der Waals surface area contributed by atoms with Gasteiger partial charge in [-0.1, -0.05) is 5.16 Å². The molecule has 6 heteroatoms. The van der Waals surface area contributed by atoms with E-state index >= 15 is 0 Å². The van der Waals surface area contributed by atoms with Gasteiger partial charge in [0.15, 0.2) is 23.1 Å². The first-order chi connectivity index (χ1) is 9.16. The Hall–Kier alpha value is -1.69. The first-order valence-corrected chi connectivity index (χ1v) is 6.77. The quantitative estimate of drug-likeness (QED) is 0.872. The lowest BCUT2D eigenvalue weighted by Gasteiger charge is -2.14. The van der Waals surface area contributed by atoms with E-state index in [4.69, 9.17) is 19.7 Å². The summed E-state index contributed by atoms with van der Waals surface area (Å²) < 4.78 is 17.5. The second-order valence-electron chi connectivity index (χ2n) is 4.35. The molecule has 19 heavy (non-hydrogen) atoms. The molecule has 1 aliphatic heterocycles. The molecule has 3 rings (SSSR count). The average molecular weight is 325 g/mol. The highest BCUT2D eigenvalue weighted by Gasteiger charge is 2.21. The molecule has 0 bridgehead atoms. The molecule has 1 aromatic carbocycles. The Labute approximate surface area is 118 Å². The molecule has 0 spiro atoms. The van der Waals surface area contributed by atoms with E-state index in [1.807, 2.05) is 13.0 Å². The molecular weight excluding hydrogens is 312 g/mol. The van der Waals surface area contributed by atoms with E-state index in [1.165, 1.54) is 0 Å². The van der Waals surface area contributed by atoms with E-state index in [1.54, 1.807) is 6.07 Å². The summed E-state index contributed by atoms with van der Waals surface area (Å²) in [6.45, 7) is 3.27. The summed E-state index contributed by atoms with van der Waals surface area (Å²) in [6.07, 6.45) is 0.871. The number of nitrogens with zero attached hydrogens (tertiary/aromatic N) is 1. The predicted molar refractivity (Wildman–Crippen MR) is 74.4 cm³/mol. The Bertz CT molecular complexity index is 625. The van der Waals surface area contributed by atoms with E-state index in [2.05, 4.69) is 21.1 Å². The maximum atomic E-state index is 5.76. The van der Waals surface area contributed by atoms with Crippen LogP contribution in [0.15, 0.2) is 21.1 Å². The summed E-state index contributed by atoms with van der Waals surface area (Å²) in [5.74, 6) is 2.47. The minimum atomic E-state index is 0.355. The van der Waals surface area contributed by atoms with Gasteiger partial charge in [0.25, 0.3) is 0 Å². The number of nitrogens with two attached hydrogens (primary N) is 1. The van der Waals surface area contributed by atoms with Crippen LogP contribution in [0, 0.1) is 6.92 Å². The van der Waals surface area contributed by atoms with Gasteiger partial charge in [-0.05, 0) is 28.9 Å². The van der Waals surface area contributed by atoms with Crippen molar-refractivity contribution in [1.82, 2.24) is 5.16 Å². The highest BCUT2D eigenvalue weighted by Crippen LogP contribution is 2.44. The molecule has 2 heterocycles. The van der Waals surface area contributed by atoms with Crippen LogP contribution in [-0.2, 0) is 0 Å². The molecule has 2 N–H and O–H groups in total. The van der Waals surface area contributed by atoms with Crippen LogP contribution in [-0.4, -0.2) is 18.4 Å². The summed E-state index contributed by atoms with van der Waals surface area (Å²) in [6, 6.07) is 3.58. The van der Waals surface area contributed by atoms with E-state index in [-0.39, 0.29) is 0 Å². The molecule has 0 atom stereocenters. The minimum absolute atomic E-state index is 0.355. The van der Waals surface area contributed by atoms with E-state index in [0.717, 1.165) is 33.5 Å². The number of ether oxygens (including phenoxy) is 2. The molecule has 0 fully saturated rings. The molecule has 0 amide bonds. The Morgan fingerprint density at radius 2 is 2.05 bits per heavy atom. The highest BCUT2D eigenvalue weighted by atomic mass is 79.9.